The first-order chi connectivity index (χ1) is 14.6. The van der Waals surface area contributed by atoms with Gasteiger partial charge >= 0.3 is 6.18 Å². The fourth-order valence-corrected chi connectivity index (χ4v) is 4.24. The summed E-state index contributed by atoms with van der Waals surface area (Å²) in [5.41, 5.74) is 1.67. The number of nitrogens with zero attached hydrogens (tertiary/aromatic N) is 2. The Balaban J connectivity index is 1.44. The van der Waals surface area contributed by atoms with Crippen molar-refractivity contribution >= 4 is 5.78 Å². The van der Waals surface area contributed by atoms with Crippen LogP contribution in [-0.4, -0.2) is 28.7 Å². The number of alkyl halides is 3. The Labute approximate surface area is 180 Å². The van der Waals surface area contributed by atoms with E-state index < -0.39 is 19.4 Å². The topological polar surface area (TPSA) is 65.2 Å². The summed E-state index contributed by atoms with van der Waals surface area (Å²) >= 11 is 0. The lowest BCUT2D eigenvalue weighted by molar-refractivity contribution is -0.178. The zero-order valence-electron chi connectivity index (χ0n) is 18.0. The van der Waals surface area contributed by atoms with Crippen LogP contribution in [0.5, 0.6) is 0 Å². The van der Waals surface area contributed by atoms with Crippen molar-refractivity contribution in [3.63, 3.8) is 0 Å². The molecule has 0 saturated heterocycles. The smallest absolute Gasteiger partial charge is 0.362 e. The highest BCUT2D eigenvalue weighted by Crippen LogP contribution is 2.45. The van der Waals surface area contributed by atoms with Crippen LogP contribution in [-0.2, 0) is 11.3 Å². The second-order valence-electron chi connectivity index (χ2n) is 8.94. The molecule has 0 N–H and O–H groups in total. The van der Waals surface area contributed by atoms with Gasteiger partial charge in [0.25, 0.3) is 5.89 Å². The van der Waals surface area contributed by atoms with Crippen LogP contribution in [0.1, 0.15) is 75.0 Å². The number of benzene rings is 1. The highest BCUT2D eigenvalue weighted by Gasteiger charge is 2.33. The molecule has 0 spiro atoms. The van der Waals surface area contributed by atoms with Crippen molar-refractivity contribution in [2.24, 2.45) is 11.3 Å². The number of ether oxygens (including phenoxy) is 1. The van der Waals surface area contributed by atoms with Crippen molar-refractivity contribution < 1.29 is 27.2 Å². The zero-order chi connectivity index (χ0) is 22.5. The van der Waals surface area contributed by atoms with E-state index in [-0.39, 0.29) is 17.5 Å². The summed E-state index contributed by atoms with van der Waals surface area (Å²) in [5.74, 6) is 1.07. The molecule has 5 nitrogen and oxygen atoms in total. The largest absolute Gasteiger partial charge is 0.411 e. The number of unbranched alkanes of at least 4 members (excludes halogenated alkanes) is 1. The van der Waals surface area contributed by atoms with Crippen LogP contribution in [0.2, 0.25) is 0 Å². The van der Waals surface area contributed by atoms with Gasteiger partial charge in [0, 0.05) is 17.5 Å². The lowest BCUT2D eigenvalue weighted by atomic mass is 9.79. The first-order valence-electron chi connectivity index (χ1n) is 10.7. The van der Waals surface area contributed by atoms with Gasteiger partial charge in [-0.3, -0.25) is 4.79 Å². The van der Waals surface area contributed by atoms with E-state index in [2.05, 4.69) is 28.7 Å². The van der Waals surface area contributed by atoms with Crippen molar-refractivity contribution in [1.82, 2.24) is 10.1 Å². The van der Waals surface area contributed by atoms with E-state index in [9.17, 15) is 18.0 Å². The molecule has 8 heteroatoms. The van der Waals surface area contributed by atoms with E-state index in [1.165, 1.54) is 25.7 Å². The molecule has 0 bridgehead atoms. The van der Waals surface area contributed by atoms with Crippen LogP contribution in [0.3, 0.4) is 0 Å². The van der Waals surface area contributed by atoms with Gasteiger partial charge in [-0.1, -0.05) is 56.1 Å². The number of carbonyl (C=O) groups is 1. The molecular weight excluding hydrogens is 409 g/mol. The molecule has 1 atom stereocenters. The van der Waals surface area contributed by atoms with Crippen LogP contribution >= 0.6 is 0 Å². The van der Waals surface area contributed by atoms with Crippen molar-refractivity contribution in [2.75, 3.05) is 6.61 Å². The molecular formula is C23H29F3N2O3. The molecule has 0 aliphatic heterocycles. The average Bonchev–Trinajstić information content (AvgIpc) is 3.30. The van der Waals surface area contributed by atoms with Gasteiger partial charge in [-0.05, 0) is 37.0 Å². The van der Waals surface area contributed by atoms with E-state index in [0.717, 1.165) is 18.8 Å². The number of ketones is 1. The summed E-state index contributed by atoms with van der Waals surface area (Å²) in [7, 11) is 0. The minimum Gasteiger partial charge on any atom is -0.362 e. The lowest BCUT2D eigenvalue weighted by Gasteiger charge is -2.26. The molecule has 0 radical (unpaired) electrons. The summed E-state index contributed by atoms with van der Waals surface area (Å²) in [6.45, 7) is 2.90. The second kappa shape index (κ2) is 9.94. The van der Waals surface area contributed by atoms with E-state index in [4.69, 9.17) is 4.52 Å². The molecule has 1 saturated carbocycles. The molecule has 2 aromatic rings. The molecule has 1 unspecified atom stereocenters. The minimum atomic E-state index is -4.40. The summed E-state index contributed by atoms with van der Waals surface area (Å²) in [6, 6.07) is 6.85. The standard InChI is InChI=1S/C23H29F3N2O3/c1-22(2)13-5-7-18(22)6-3-4-8-19(29)16-9-11-17(12-10-16)21-27-20(31-28-21)14-30-15-23(24,25)26/h9-12,18H,3-8,13-15H2,1-2H3. The van der Waals surface area contributed by atoms with E-state index in [1.54, 1.807) is 24.3 Å². The normalized spacial score (nSPS) is 18.4. The lowest BCUT2D eigenvalue weighted by Crippen LogP contribution is -2.17. The van der Waals surface area contributed by atoms with Gasteiger partial charge in [-0.25, -0.2) is 0 Å². The maximum Gasteiger partial charge on any atom is 0.411 e. The Kier molecular flexibility index (Phi) is 7.51. The molecule has 1 aromatic heterocycles. The van der Waals surface area contributed by atoms with Gasteiger partial charge in [0.15, 0.2) is 5.78 Å². The maximum atomic E-state index is 12.5. The van der Waals surface area contributed by atoms with Crippen LogP contribution in [0, 0.1) is 11.3 Å². The Bertz CT molecular complexity index is 860. The number of rotatable bonds is 10. The van der Waals surface area contributed by atoms with Crippen molar-refractivity contribution in [1.29, 1.82) is 0 Å². The fraction of sp³-hybridized carbons (Fsp3) is 0.609. The van der Waals surface area contributed by atoms with Crippen molar-refractivity contribution in [3.05, 3.63) is 35.7 Å². The monoisotopic (exact) mass is 438 g/mol. The van der Waals surface area contributed by atoms with Crippen LogP contribution in [0.25, 0.3) is 11.4 Å². The summed E-state index contributed by atoms with van der Waals surface area (Å²) in [4.78, 5) is 16.5. The number of hydrogen-bond donors (Lipinski definition) is 0. The Hall–Kier alpha value is -2.22. The number of carbonyl (C=O) groups excluding carboxylic acids is 1. The zero-order valence-corrected chi connectivity index (χ0v) is 18.0. The quantitative estimate of drug-likeness (QED) is 0.318. The molecule has 31 heavy (non-hydrogen) atoms. The van der Waals surface area contributed by atoms with Crippen molar-refractivity contribution in [3.8, 4) is 11.4 Å². The predicted octanol–water partition coefficient (Wildman–Crippen LogP) is 6.38. The van der Waals surface area contributed by atoms with Crippen LogP contribution < -0.4 is 0 Å². The summed E-state index contributed by atoms with van der Waals surface area (Å²) in [5, 5.41) is 3.75. The third kappa shape index (κ3) is 6.89. The van der Waals surface area contributed by atoms with Crippen molar-refractivity contribution in [2.45, 2.75) is 71.6 Å². The highest BCUT2D eigenvalue weighted by molar-refractivity contribution is 5.96. The summed E-state index contributed by atoms with van der Waals surface area (Å²) < 4.78 is 45.8. The first-order valence-corrected chi connectivity index (χ1v) is 10.7. The number of halogens is 3. The molecule has 170 valence electrons. The van der Waals surface area contributed by atoms with Gasteiger partial charge in [0.2, 0.25) is 5.82 Å². The SMILES string of the molecule is CC1(C)CCCC1CCCCC(=O)c1ccc(-c2noc(COCC(F)(F)F)n2)cc1. The second-order valence-corrected chi connectivity index (χ2v) is 8.94. The molecule has 1 aromatic carbocycles. The van der Waals surface area contributed by atoms with Gasteiger partial charge in [-0.2, -0.15) is 18.2 Å². The molecule has 1 fully saturated rings. The Morgan fingerprint density at radius 3 is 2.61 bits per heavy atom. The third-order valence-corrected chi connectivity index (χ3v) is 6.11. The van der Waals surface area contributed by atoms with Crippen LogP contribution in [0.4, 0.5) is 13.2 Å². The average molecular weight is 438 g/mol. The van der Waals surface area contributed by atoms with E-state index >= 15 is 0 Å². The molecule has 1 aliphatic carbocycles. The Morgan fingerprint density at radius 1 is 1.23 bits per heavy atom. The molecule has 3 rings (SSSR count). The molecule has 1 heterocycles. The molecule has 1 aliphatic rings. The summed E-state index contributed by atoms with van der Waals surface area (Å²) in [6.07, 6.45) is 3.17. The van der Waals surface area contributed by atoms with Gasteiger partial charge in [0.05, 0.1) is 0 Å². The first kappa shape index (κ1) is 23.4. The van der Waals surface area contributed by atoms with E-state index in [1.807, 2.05) is 0 Å². The number of Topliss-reactive ketones (excluding diaryl/α,β-unsaturated/α-hetero) is 1. The van der Waals surface area contributed by atoms with Gasteiger partial charge in [0.1, 0.15) is 13.2 Å². The van der Waals surface area contributed by atoms with E-state index in [0.29, 0.717) is 23.0 Å². The van der Waals surface area contributed by atoms with Gasteiger partial charge in [-0.15, -0.1) is 0 Å². The van der Waals surface area contributed by atoms with Gasteiger partial charge < -0.3 is 9.26 Å². The predicted molar refractivity (Wildman–Crippen MR) is 109 cm³/mol. The third-order valence-electron chi connectivity index (χ3n) is 6.11. The maximum absolute atomic E-state index is 12.5. The molecule has 0 amide bonds. The highest BCUT2D eigenvalue weighted by atomic mass is 19.4. The number of hydrogen-bond acceptors (Lipinski definition) is 5. The Morgan fingerprint density at radius 2 is 1.97 bits per heavy atom. The fourth-order valence-electron chi connectivity index (χ4n) is 4.24. The van der Waals surface area contributed by atoms with Crippen LogP contribution in [0.15, 0.2) is 28.8 Å². The minimum absolute atomic E-state index is 0.0372. The number of aromatic nitrogens is 2.